The Kier molecular flexibility index (Phi) is 9.06. The van der Waals surface area contributed by atoms with Crippen LogP contribution < -0.4 is 15.4 Å². The molecule has 0 bridgehead atoms. The fourth-order valence-electron chi connectivity index (χ4n) is 4.10. The highest BCUT2D eigenvalue weighted by Crippen LogP contribution is 2.32. The zero-order chi connectivity index (χ0) is 28.8. The number of carbonyl (C=O) groups excluding carboxylic acids is 4. The molecular formula is C31H31N3O5S. The summed E-state index contributed by atoms with van der Waals surface area (Å²) >= 11 is 0.787. The molecule has 0 radical (unpaired) electrons. The molecule has 4 amide bonds. The molecule has 40 heavy (non-hydrogen) atoms. The van der Waals surface area contributed by atoms with Crippen LogP contribution in [0.1, 0.15) is 42.0 Å². The smallest absolute Gasteiger partial charge is 0.294 e. The van der Waals surface area contributed by atoms with E-state index in [-0.39, 0.29) is 29.9 Å². The molecule has 0 aliphatic carbocycles. The van der Waals surface area contributed by atoms with Crippen LogP contribution in [0.2, 0.25) is 0 Å². The third-order valence-electron chi connectivity index (χ3n) is 6.25. The number of anilines is 2. The summed E-state index contributed by atoms with van der Waals surface area (Å²) in [5.74, 6) is -0.486. The third-order valence-corrected chi connectivity index (χ3v) is 7.15. The number of amides is 4. The highest BCUT2D eigenvalue weighted by molar-refractivity contribution is 8.18. The summed E-state index contributed by atoms with van der Waals surface area (Å²) in [6.45, 7) is 7.39. The largest absolute Gasteiger partial charge is 0.484 e. The second-order valence-corrected chi connectivity index (χ2v) is 10.8. The van der Waals surface area contributed by atoms with Gasteiger partial charge in [-0.3, -0.25) is 24.1 Å². The van der Waals surface area contributed by atoms with Gasteiger partial charge in [0.2, 0.25) is 5.91 Å². The maximum atomic E-state index is 12.9. The minimum atomic E-state index is -0.523. The molecule has 9 heteroatoms. The average Bonchev–Trinajstić information content (AvgIpc) is 3.17. The fourth-order valence-corrected chi connectivity index (χ4v) is 4.94. The SMILES string of the molecule is Cc1ccc(C)c(NC(=O)CN2C(=O)S/C(=C/c3ccc(OCC(=O)Nc4ccccc4C(C)C)cc3)C2=O)c1. The molecule has 4 rings (SSSR count). The lowest BCUT2D eigenvalue weighted by atomic mass is 10.0. The first-order chi connectivity index (χ1) is 19.1. The van der Waals surface area contributed by atoms with Crippen molar-refractivity contribution in [3.05, 3.63) is 93.9 Å². The lowest BCUT2D eigenvalue weighted by Gasteiger charge is -2.14. The van der Waals surface area contributed by atoms with Gasteiger partial charge in [-0.05, 0) is 84.1 Å². The van der Waals surface area contributed by atoms with Crippen molar-refractivity contribution in [3.8, 4) is 5.75 Å². The van der Waals surface area contributed by atoms with Crippen molar-refractivity contribution in [3.63, 3.8) is 0 Å². The number of rotatable bonds is 9. The van der Waals surface area contributed by atoms with Crippen LogP contribution in [0.3, 0.4) is 0 Å². The van der Waals surface area contributed by atoms with E-state index < -0.39 is 17.1 Å². The van der Waals surface area contributed by atoms with Gasteiger partial charge in [0, 0.05) is 11.4 Å². The summed E-state index contributed by atoms with van der Waals surface area (Å²) in [6, 6.07) is 20.1. The molecular weight excluding hydrogens is 526 g/mol. The molecule has 0 saturated carbocycles. The zero-order valence-electron chi connectivity index (χ0n) is 22.8. The number of nitrogens with one attached hydrogen (secondary N) is 2. The lowest BCUT2D eigenvalue weighted by molar-refractivity contribution is -0.127. The fraction of sp³-hybridized carbons (Fsp3) is 0.226. The van der Waals surface area contributed by atoms with E-state index in [4.69, 9.17) is 4.74 Å². The van der Waals surface area contributed by atoms with Gasteiger partial charge < -0.3 is 15.4 Å². The predicted molar refractivity (Wildman–Crippen MR) is 158 cm³/mol. The number of carbonyl (C=O) groups is 4. The minimum absolute atomic E-state index is 0.158. The van der Waals surface area contributed by atoms with Crippen molar-refractivity contribution in [2.45, 2.75) is 33.6 Å². The molecule has 0 spiro atoms. The molecule has 3 aromatic carbocycles. The molecule has 1 aliphatic rings. The van der Waals surface area contributed by atoms with Gasteiger partial charge in [-0.25, -0.2) is 0 Å². The number of imide groups is 1. The molecule has 1 fully saturated rings. The standard InChI is InChI=1S/C31H31N3O5S/c1-19(2)24-7-5-6-8-25(24)32-29(36)18-39-23-13-11-22(12-14-23)16-27-30(37)34(31(38)40-27)17-28(35)33-26-15-20(3)9-10-21(26)4/h5-16,19H,17-18H2,1-4H3,(H,32,36)(H,33,35)/b27-16+. The first-order valence-corrected chi connectivity index (χ1v) is 13.7. The van der Waals surface area contributed by atoms with Crippen molar-refractivity contribution < 1.29 is 23.9 Å². The van der Waals surface area contributed by atoms with E-state index in [0.717, 1.165) is 39.0 Å². The van der Waals surface area contributed by atoms with Gasteiger partial charge in [0.05, 0.1) is 4.91 Å². The number of thioether (sulfide) groups is 1. The number of para-hydroxylation sites is 1. The zero-order valence-corrected chi connectivity index (χ0v) is 23.6. The monoisotopic (exact) mass is 557 g/mol. The summed E-state index contributed by atoms with van der Waals surface area (Å²) in [5, 5.41) is 5.16. The molecule has 1 heterocycles. The Bertz CT molecular complexity index is 1480. The van der Waals surface area contributed by atoms with E-state index >= 15 is 0 Å². The first-order valence-electron chi connectivity index (χ1n) is 12.8. The van der Waals surface area contributed by atoms with E-state index in [9.17, 15) is 19.2 Å². The van der Waals surface area contributed by atoms with Crippen molar-refractivity contribution in [2.75, 3.05) is 23.8 Å². The number of aryl methyl sites for hydroxylation is 2. The third kappa shape index (κ3) is 7.18. The maximum absolute atomic E-state index is 12.9. The van der Waals surface area contributed by atoms with E-state index in [1.54, 1.807) is 30.3 Å². The first kappa shape index (κ1) is 28.6. The normalized spacial score (nSPS) is 14.1. The topological polar surface area (TPSA) is 105 Å². The molecule has 3 aromatic rings. The van der Waals surface area contributed by atoms with Crippen molar-refractivity contribution in [2.24, 2.45) is 0 Å². The summed E-state index contributed by atoms with van der Waals surface area (Å²) < 4.78 is 5.62. The van der Waals surface area contributed by atoms with Gasteiger partial charge in [0.25, 0.3) is 17.1 Å². The second kappa shape index (κ2) is 12.7. The van der Waals surface area contributed by atoms with Crippen LogP contribution >= 0.6 is 11.8 Å². The Hall–Kier alpha value is -4.37. The molecule has 0 aromatic heterocycles. The summed E-state index contributed by atoms with van der Waals surface area (Å²) in [4.78, 5) is 51.5. The Balaban J connectivity index is 1.32. The van der Waals surface area contributed by atoms with Crippen LogP contribution in [0.15, 0.2) is 71.6 Å². The van der Waals surface area contributed by atoms with Gasteiger partial charge in [-0.2, -0.15) is 0 Å². The van der Waals surface area contributed by atoms with E-state index in [0.29, 0.717) is 17.0 Å². The maximum Gasteiger partial charge on any atom is 0.294 e. The predicted octanol–water partition coefficient (Wildman–Crippen LogP) is 6.12. The van der Waals surface area contributed by atoms with E-state index in [2.05, 4.69) is 24.5 Å². The number of hydrogen-bond donors (Lipinski definition) is 2. The second-order valence-electron chi connectivity index (χ2n) is 9.78. The summed E-state index contributed by atoms with van der Waals surface area (Å²) in [6.07, 6.45) is 1.59. The highest BCUT2D eigenvalue weighted by Gasteiger charge is 2.36. The Morgan fingerprint density at radius 2 is 1.62 bits per heavy atom. The molecule has 2 N–H and O–H groups in total. The van der Waals surface area contributed by atoms with Gasteiger partial charge in [0.15, 0.2) is 6.61 Å². The molecule has 0 atom stereocenters. The lowest BCUT2D eigenvalue weighted by Crippen LogP contribution is -2.36. The molecule has 206 valence electrons. The molecule has 0 unspecified atom stereocenters. The Morgan fingerprint density at radius 3 is 2.35 bits per heavy atom. The van der Waals surface area contributed by atoms with Crippen LogP contribution in [0.25, 0.3) is 6.08 Å². The molecule has 1 aliphatic heterocycles. The number of benzene rings is 3. The van der Waals surface area contributed by atoms with Crippen LogP contribution in [-0.2, 0) is 14.4 Å². The van der Waals surface area contributed by atoms with Gasteiger partial charge in [-0.1, -0.05) is 56.3 Å². The Morgan fingerprint density at radius 1 is 0.925 bits per heavy atom. The molecule has 1 saturated heterocycles. The van der Waals surface area contributed by atoms with Gasteiger partial charge in [0.1, 0.15) is 12.3 Å². The van der Waals surface area contributed by atoms with Crippen LogP contribution in [0, 0.1) is 13.8 Å². The molecule has 8 nitrogen and oxygen atoms in total. The summed E-state index contributed by atoms with van der Waals surface area (Å²) in [5.41, 5.74) is 5.00. The minimum Gasteiger partial charge on any atom is -0.484 e. The van der Waals surface area contributed by atoms with Gasteiger partial charge in [-0.15, -0.1) is 0 Å². The van der Waals surface area contributed by atoms with Crippen LogP contribution in [0.4, 0.5) is 16.2 Å². The Labute approximate surface area is 237 Å². The number of ether oxygens (including phenoxy) is 1. The van der Waals surface area contributed by atoms with Gasteiger partial charge >= 0.3 is 0 Å². The average molecular weight is 558 g/mol. The summed E-state index contributed by atoms with van der Waals surface area (Å²) in [7, 11) is 0. The highest BCUT2D eigenvalue weighted by atomic mass is 32.2. The number of nitrogens with zero attached hydrogens (tertiary/aromatic N) is 1. The van der Waals surface area contributed by atoms with Crippen LogP contribution in [0.5, 0.6) is 5.75 Å². The quantitative estimate of drug-likeness (QED) is 0.307. The van der Waals surface area contributed by atoms with Crippen molar-refractivity contribution in [1.82, 2.24) is 4.90 Å². The van der Waals surface area contributed by atoms with E-state index in [1.807, 2.05) is 56.3 Å². The van der Waals surface area contributed by atoms with E-state index in [1.165, 1.54) is 0 Å². The van der Waals surface area contributed by atoms with Crippen LogP contribution in [-0.4, -0.2) is 41.0 Å². The number of hydrogen-bond acceptors (Lipinski definition) is 6. The van der Waals surface area contributed by atoms with Crippen molar-refractivity contribution in [1.29, 1.82) is 0 Å². The van der Waals surface area contributed by atoms with Crippen molar-refractivity contribution >= 4 is 52.2 Å².